The maximum Gasteiger partial charge on any atom is 0.249 e. The molecule has 7 heterocycles. The molecule has 2 atom stereocenters. The Labute approximate surface area is 311 Å². The van der Waals surface area contributed by atoms with E-state index in [4.69, 9.17) is 14.8 Å². The van der Waals surface area contributed by atoms with Gasteiger partial charge in [0.05, 0.1) is 36.4 Å². The van der Waals surface area contributed by atoms with Gasteiger partial charge < -0.3 is 19.1 Å². The number of hydrogen-bond donors (Lipinski definition) is 1. The molecule has 54 heavy (non-hydrogen) atoms. The molecule has 0 saturated carbocycles. The molecule has 0 spiro atoms. The van der Waals surface area contributed by atoms with Crippen LogP contribution in [0.5, 0.6) is 5.75 Å². The van der Waals surface area contributed by atoms with Gasteiger partial charge in [-0.15, -0.1) is 5.10 Å². The minimum absolute atomic E-state index is 0.0736. The third kappa shape index (κ3) is 6.61. The molecule has 3 saturated heterocycles. The number of para-hydroxylation sites is 1. The normalized spacial score (nSPS) is 19.6. The molecule has 3 fully saturated rings. The molecule has 3 aliphatic rings. The molecule has 1 N–H and O–H groups in total. The first-order chi connectivity index (χ1) is 26.5. The lowest BCUT2D eigenvalue weighted by Crippen LogP contribution is -2.47. The van der Waals surface area contributed by atoms with E-state index in [1.807, 2.05) is 63.8 Å². The summed E-state index contributed by atoms with van der Waals surface area (Å²) < 4.78 is 24.0. The highest BCUT2D eigenvalue weighted by molar-refractivity contribution is 6.00. The van der Waals surface area contributed by atoms with Gasteiger partial charge in [0.2, 0.25) is 11.8 Å². The number of ether oxygens (including phenoxy) is 1. The van der Waals surface area contributed by atoms with E-state index in [-0.39, 0.29) is 23.7 Å². The van der Waals surface area contributed by atoms with E-state index in [2.05, 4.69) is 36.1 Å². The fourth-order valence-electron chi connectivity index (χ4n) is 8.05. The molecule has 9 rings (SSSR count). The number of rotatable bonds is 10. The van der Waals surface area contributed by atoms with E-state index in [1.165, 1.54) is 6.07 Å². The van der Waals surface area contributed by atoms with Crippen LogP contribution in [0.15, 0.2) is 85.3 Å². The monoisotopic (exact) mass is 728 g/mol. The van der Waals surface area contributed by atoms with Crippen molar-refractivity contribution in [1.29, 1.82) is 0 Å². The first-order valence-corrected chi connectivity index (χ1v) is 18.7. The van der Waals surface area contributed by atoms with E-state index >= 15 is 0 Å². The van der Waals surface area contributed by atoms with Crippen molar-refractivity contribution in [2.75, 3.05) is 55.7 Å². The lowest BCUT2D eigenvalue weighted by molar-refractivity contribution is -0.135. The molecular weight excluding hydrogens is 688 g/mol. The number of piperidine rings is 1. The zero-order valence-electron chi connectivity index (χ0n) is 29.9. The number of halogens is 1. The van der Waals surface area contributed by atoms with Gasteiger partial charge in [-0.25, -0.2) is 23.9 Å². The standard InChI is InChI=1S/C40H41FN10O3/c41-28-7-1-6-27(24-28)30-10-4-18-49(30)37-15-14-35-42-25-33(51(35)46-37)29-8-2-12-36(44-29)48-21-19-47(20-22-48)17-5-23-54-34-11-3-9-31-39(34)43-26-50(31)32-13-16-38(52)45-40(32)53/h1-3,6-9,11-12,14-15,24-26,30,32H,4-5,10,13,16-23H2,(H,45,52,53)/t30-,32?/m1/s1. The summed E-state index contributed by atoms with van der Waals surface area (Å²) in [6.45, 7) is 5.87. The molecule has 13 nitrogen and oxygen atoms in total. The molecule has 14 heteroatoms. The quantitative estimate of drug-likeness (QED) is 0.149. The van der Waals surface area contributed by atoms with Gasteiger partial charge in [-0.3, -0.25) is 19.8 Å². The second-order valence-electron chi connectivity index (χ2n) is 14.2. The summed E-state index contributed by atoms with van der Waals surface area (Å²) in [4.78, 5) is 45.4. The number of anilines is 2. The molecule has 0 radical (unpaired) electrons. The van der Waals surface area contributed by atoms with E-state index < -0.39 is 6.04 Å². The van der Waals surface area contributed by atoms with Crippen LogP contribution in [-0.4, -0.2) is 91.7 Å². The van der Waals surface area contributed by atoms with Crippen LogP contribution < -0.4 is 19.9 Å². The Kier molecular flexibility index (Phi) is 9.11. The van der Waals surface area contributed by atoms with Crippen molar-refractivity contribution < 1.29 is 18.7 Å². The summed E-state index contributed by atoms with van der Waals surface area (Å²) in [7, 11) is 0. The van der Waals surface area contributed by atoms with Crippen molar-refractivity contribution >= 4 is 40.1 Å². The lowest BCUT2D eigenvalue weighted by atomic mass is 10.0. The van der Waals surface area contributed by atoms with Crippen LogP contribution >= 0.6 is 0 Å². The molecule has 0 bridgehead atoms. The van der Waals surface area contributed by atoms with Gasteiger partial charge in [0.15, 0.2) is 5.65 Å². The fourth-order valence-corrected chi connectivity index (χ4v) is 8.05. The topological polar surface area (TPSA) is 126 Å². The molecule has 3 aliphatic heterocycles. The Hall–Kier alpha value is -5.89. The van der Waals surface area contributed by atoms with Crippen molar-refractivity contribution in [2.45, 2.75) is 44.2 Å². The number of benzene rings is 2. The van der Waals surface area contributed by atoms with E-state index in [1.54, 1.807) is 18.5 Å². The highest BCUT2D eigenvalue weighted by Crippen LogP contribution is 2.36. The summed E-state index contributed by atoms with van der Waals surface area (Å²) in [6.07, 6.45) is 7.08. The molecule has 2 amide bonds. The number of nitrogens with one attached hydrogen (secondary N) is 1. The van der Waals surface area contributed by atoms with Crippen LogP contribution in [-0.2, 0) is 9.59 Å². The number of nitrogens with zero attached hydrogens (tertiary/aromatic N) is 9. The zero-order valence-corrected chi connectivity index (χ0v) is 29.9. The van der Waals surface area contributed by atoms with Gasteiger partial charge in [0, 0.05) is 45.7 Å². The second kappa shape index (κ2) is 14.5. The van der Waals surface area contributed by atoms with Crippen LogP contribution in [0.1, 0.15) is 49.8 Å². The molecule has 1 unspecified atom stereocenters. The summed E-state index contributed by atoms with van der Waals surface area (Å²) in [6, 6.07) is 22.3. The molecule has 4 aromatic heterocycles. The molecule has 276 valence electrons. The average Bonchev–Trinajstić information content (AvgIpc) is 3.96. The number of piperazine rings is 1. The summed E-state index contributed by atoms with van der Waals surface area (Å²) in [5, 5.41) is 7.45. The van der Waals surface area contributed by atoms with E-state index in [0.29, 0.717) is 30.7 Å². The number of carbonyl (C=O) groups is 2. The number of carbonyl (C=O) groups excluding carboxylic acids is 2. The van der Waals surface area contributed by atoms with Crippen LogP contribution in [0.25, 0.3) is 28.1 Å². The van der Waals surface area contributed by atoms with E-state index in [0.717, 1.165) is 98.3 Å². The Balaban J connectivity index is 0.809. The van der Waals surface area contributed by atoms with Gasteiger partial charge >= 0.3 is 0 Å². The molecule has 2 aromatic carbocycles. The Morgan fingerprint density at radius 3 is 2.61 bits per heavy atom. The number of pyridine rings is 1. The number of imidazole rings is 2. The number of amides is 2. The largest absolute Gasteiger partial charge is 0.491 e. The van der Waals surface area contributed by atoms with Gasteiger partial charge in [0.1, 0.15) is 40.5 Å². The maximum absolute atomic E-state index is 14.1. The second-order valence-corrected chi connectivity index (χ2v) is 14.2. The van der Waals surface area contributed by atoms with Crippen LogP contribution in [0, 0.1) is 5.82 Å². The first-order valence-electron chi connectivity index (χ1n) is 18.7. The summed E-state index contributed by atoms with van der Waals surface area (Å²) >= 11 is 0. The maximum atomic E-state index is 14.1. The highest BCUT2D eigenvalue weighted by Gasteiger charge is 2.30. The third-order valence-corrected chi connectivity index (χ3v) is 10.8. The van der Waals surface area contributed by atoms with Gasteiger partial charge in [0.25, 0.3) is 0 Å². The predicted molar refractivity (Wildman–Crippen MR) is 202 cm³/mol. The van der Waals surface area contributed by atoms with Crippen molar-refractivity contribution in [1.82, 2.24) is 39.3 Å². The van der Waals surface area contributed by atoms with Crippen molar-refractivity contribution in [3.05, 3.63) is 96.7 Å². The van der Waals surface area contributed by atoms with Gasteiger partial charge in [-0.1, -0.05) is 24.3 Å². The zero-order chi connectivity index (χ0) is 36.6. The summed E-state index contributed by atoms with van der Waals surface area (Å²) in [5.41, 5.74) is 4.88. The SMILES string of the molecule is O=C1CCC(n2cnc3c(OCCCN4CCN(c5cccc(-c6cnc7ccc(N8CCC[C@@H]8c8cccc(F)c8)nn67)n5)CC4)cccc32)C(=O)N1. The van der Waals surface area contributed by atoms with Crippen LogP contribution in [0.4, 0.5) is 16.0 Å². The number of imide groups is 1. The van der Waals surface area contributed by atoms with Crippen LogP contribution in [0.2, 0.25) is 0 Å². The van der Waals surface area contributed by atoms with Crippen molar-refractivity contribution in [2.24, 2.45) is 0 Å². The average molecular weight is 729 g/mol. The fraction of sp³-hybridized carbons (Fsp3) is 0.350. The third-order valence-electron chi connectivity index (χ3n) is 10.8. The first kappa shape index (κ1) is 33.9. The smallest absolute Gasteiger partial charge is 0.249 e. The minimum atomic E-state index is -0.459. The van der Waals surface area contributed by atoms with Crippen LogP contribution in [0.3, 0.4) is 0 Å². The Morgan fingerprint density at radius 2 is 1.74 bits per heavy atom. The molecule has 0 aliphatic carbocycles. The number of aromatic nitrogens is 6. The van der Waals surface area contributed by atoms with Gasteiger partial charge in [-0.2, -0.15) is 0 Å². The lowest BCUT2D eigenvalue weighted by Gasteiger charge is -2.35. The minimum Gasteiger partial charge on any atom is -0.491 e. The Bertz CT molecular complexity index is 2330. The molecular formula is C40H41FN10O3. The number of fused-ring (bicyclic) bond motifs is 2. The number of hydrogen-bond acceptors (Lipinski definition) is 10. The van der Waals surface area contributed by atoms with E-state index in [9.17, 15) is 14.0 Å². The van der Waals surface area contributed by atoms with Crippen molar-refractivity contribution in [3.8, 4) is 17.1 Å². The summed E-state index contributed by atoms with van der Waals surface area (Å²) in [5.74, 6) is 1.70. The highest BCUT2D eigenvalue weighted by atomic mass is 19.1. The Morgan fingerprint density at radius 1 is 0.870 bits per heavy atom. The van der Waals surface area contributed by atoms with Gasteiger partial charge in [-0.05, 0) is 79.8 Å². The molecule has 6 aromatic rings. The predicted octanol–water partition coefficient (Wildman–Crippen LogP) is 5.19. The van der Waals surface area contributed by atoms with Crippen molar-refractivity contribution in [3.63, 3.8) is 0 Å².